The van der Waals surface area contributed by atoms with Gasteiger partial charge in [0.2, 0.25) is 0 Å². The maximum absolute atomic E-state index is 13.4. The highest BCUT2D eigenvalue weighted by Gasteiger charge is 2.10. The molecule has 1 aromatic heterocycles. The first-order valence-electron chi connectivity index (χ1n) is 7.99. The Hall–Kier alpha value is -3.40. The zero-order valence-corrected chi connectivity index (χ0v) is 13.1. The number of nitrogens with zero attached hydrogens (tertiary/aromatic N) is 3. The predicted molar refractivity (Wildman–Crippen MR) is 97.7 cm³/mol. The van der Waals surface area contributed by atoms with Gasteiger partial charge in [0.05, 0.1) is 0 Å². The van der Waals surface area contributed by atoms with Gasteiger partial charge in [0.25, 0.3) is 0 Å². The van der Waals surface area contributed by atoms with Gasteiger partial charge in [0, 0.05) is 5.56 Å². The van der Waals surface area contributed by atoms with E-state index in [0.29, 0.717) is 5.82 Å². The molecular weight excluding hydrogens is 313 g/mol. The lowest BCUT2D eigenvalue weighted by molar-refractivity contribution is 0.534. The number of rotatable bonds is 1. The van der Waals surface area contributed by atoms with Crippen molar-refractivity contribution in [1.82, 2.24) is 15.0 Å². The minimum Gasteiger partial charge on any atom is -0.216 e. The van der Waals surface area contributed by atoms with Crippen molar-refractivity contribution >= 4 is 32.3 Å². The molecule has 0 N–H and O–H groups in total. The highest BCUT2D eigenvalue weighted by molar-refractivity contribution is 6.25. The maximum Gasteiger partial charge on any atom is 0.312 e. The third kappa shape index (κ3) is 2.15. The van der Waals surface area contributed by atoms with Crippen molar-refractivity contribution in [1.29, 1.82) is 0 Å². The maximum atomic E-state index is 13.4. The Kier molecular flexibility index (Phi) is 2.97. The van der Waals surface area contributed by atoms with Crippen molar-refractivity contribution in [3.05, 3.63) is 79.1 Å². The smallest absolute Gasteiger partial charge is 0.216 e. The second-order valence-electron chi connectivity index (χ2n) is 5.93. The topological polar surface area (TPSA) is 38.7 Å². The van der Waals surface area contributed by atoms with Crippen molar-refractivity contribution in [2.75, 3.05) is 0 Å². The number of aromatic nitrogens is 3. The van der Waals surface area contributed by atoms with E-state index >= 15 is 0 Å². The first-order valence-corrected chi connectivity index (χ1v) is 7.99. The summed E-state index contributed by atoms with van der Waals surface area (Å²) in [5.41, 5.74) is 0.772. The lowest BCUT2D eigenvalue weighted by Crippen LogP contribution is -1.95. The van der Waals surface area contributed by atoms with E-state index in [1.54, 1.807) is 0 Å². The van der Waals surface area contributed by atoms with Crippen LogP contribution in [0.5, 0.6) is 0 Å². The Bertz CT molecular complexity index is 1230. The molecule has 0 saturated carbocycles. The molecule has 25 heavy (non-hydrogen) atoms. The van der Waals surface area contributed by atoms with E-state index in [-0.39, 0.29) is 0 Å². The molecule has 0 radical (unpaired) electrons. The van der Waals surface area contributed by atoms with Gasteiger partial charge in [0.15, 0.2) is 5.82 Å². The molecular formula is C21H12FN3. The number of hydrogen-bond acceptors (Lipinski definition) is 3. The molecule has 0 aliphatic heterocycles. The fourth-order valence-corrected chi connectivity index (χ4v) is 3.46. The summed E-state index contributed by atoms with van der Waals surface area (Å²) < 4.78 is 13.4. The Morgan fingerprint density at radius 3 is 1.76 bits per heavy atom. The van der Waals surface area contributed by atoms with Crippen LogP contribution in [0.2, 0.25) is 0 Å². The van der Waals surface area contributed by atoms with E-state index in [1.807, 2.05) is 30.3 Å². The largest absolute Gasteiger partial charge is 0.312 e. The summed E-state index contributed by atoms with van der Waals surface area (Å²) in [5.74, 6) is 0.339. The summed E-state index contributed by atoms with van der Waals surface area (Å²) in [6.45, 7) is 0. The summed E-state index contributed by atoms with van der Waals surface area (Å²) in [6.07, 6.45) is 0.425. The summed E-state index contributed by atoms with van der Waals surface area (Å²) >= 11 is 0. The van der Waals surface area contributed by atoms with E-state index in [0.717, 1.165) is 21.7 Å². The molecule has 0 aliphatic rings. The molecule has 0 saturated heterocycles. The van der Waals surface area contributed by atoms with Gasteiger partial charge in [-0.15, -0.1) is 0 Å². The monoisotopic (exact) mass is 325 g/mol. The fourth-order valence-electron chi connectivity index (χ4n) is 3.46. The van der Waals surface area contributed by atoms with Crippen molar-refractivity contribution < 1.29 is 4.39 Å². The highest BCUT2D eigenvalue weighted by atomic mass is 19.1. The molecule has 0 spiro atoms. The van der Waals surface area contributed by atoms with E-state index in [9.17, 15) is 4.39 Å². The molecule has 5 rings (SSSR count). The first-order chi connectivity index (χ1) is 12.3. The van der Waals surface area contributed by atoms with E-state index < -0.39 is 6.08 Å². The third-order valence-corrected chi connectivity index (χ3v) is 4.54. The quantitative estimate of drug-likeness (QED) is 0.401. The van der Waals surface area contributed by atoms with Crippen LogP contribution in [-0.2, 0) is 0 Å². The van der Waals surface area contributed by atoms with Gasteiger partial charge in [-0.2, -0.15) is 14.4 Å². The molecule has 0 atom stereocenters. The van der Waals surface area contributed by atoms with Crippen LogP contribution in [-0.4, -0.2) is 15.0 Å². The second kappa shape index (κ2) is 5.31. The average molecular weight is 325 g/mol. The second-order valence-corrected chi connectivity index (χ2v) is 5.93. The molecule has 0 aliphatic carbocycles. The summed E-state index contributed by atoms with van der Waals surface area (Å²) in [6, 6.07) is 22.7. The third-order valence-electron chi connectivity index (χ3n) is 4.54. The van der Waals surface area contributed by atoms with Crippen LogP contribution in [0, 0.1) is 6.08 Å². The molecule has 118 valence electrons. The molecule has 0 unspecified atom stereocenters. The van der Waals surface area contributed by atoms with Crippen molar-refractivity contribution in [2.45, 2.75) is 0 Å². The summed E-state index contributed by atoms with van der Waals surface area (Å²) in [4.78, 5) is 11.3. The summed E-state index contributed by atoms with van der Waals surface area (Å²) in [5, 5.41) is 7.05. The van der Waals surface area contributed by atoms with Crippen LogP contribution in [0.4, 0.5) is 4.39 Å². The lowest BCUT2D eigenvalue weighted by Gasteiger charge is -2.11. The Balaban J connectivity index is 1.93. The minimum absolute atomic E-state index is 0.339. The van der Waals surface area contributed by atoms with Crippen LogP contribution in [0.15, 0.2) is 73.1 Å². The van der Waals surface area contributed by atoms with Gasteiger partial charge in [-0.3, -0.25) is 0 Å². The molecule has 5 aromatic rings. The van der Waals surface area contributed by atoms with Crippen molar-refractivity contribution in [3.8, 4) is 11.4 Å². The van der Waals surface area contributed by atoms with Gasteiger partial charge in [-0.1, -0.05) is 60.7 Å². The van der Waals surface area contributed by atoms with Crippen LogP contribution in [0.25, 0.3) is 43.7 Å². The number of benzene rings is 4. The molecule has 0 amide bonds. The minimum atomic E-state index is -0.770. The zero-order chi connectivity index (χ0) is 16.8. The van der Waals surface area contributed by atoms with E-state index in [4.69, 9.17) is 0 Å². The Morgan fingerprint density at radius 1 is 0.600 bits per heavy atom. The Labute approximate surface area is 142 Å². The molecule has 0 fully saturated rings. The van der Waals surface area contributed by atoms with Crippen LogP contribution >= 0.6 is 0 Å². The van der Waals surface area contributed by atoms with E-state index in [1.165, 1.54) is 22.5 Å². The van der Waals surface area contributed by atoms with Gasteiger partial charge in [-0.25, -0.2) is 4.98 Å². The average Bonchev–Trinajstić information content (AvgIpc) is 2.68. The van der Waals surface area contributed by atoms with Gasteiger partial charge in [0.1, 0.15) is 6.33 Å². The van der Waals surface area contributed by atoms with Gasteiger partial charge < -0.3 is 0 Å². The lowest BCUT2D eigenvalue weighted by atomic mass is 9.93. The first kappa shape index (κ1) is 14.0. The molecule has 4 aromatic carbocycles. The highest BCUT2D eigenvalue weighted by Crippen LogP contribution is 2.36. The number of hydrogen-bond donors (Lipinski definition) is 0. The zero-order valence-electron chi connectivity index (χ0n) is 13.1. The summed E-state index contributed by atoms with van der Waals surface area (Å²) in [7, 11) is 0. The van der Waals surface area contributed by atoms with Crippen molar-refractivity contribution in [3.63, 3.8) is 0 Å². The van der Waals surface area contributed by atoms with Gasteiger partial charge in [-0.05, 0) is 38.4 Å². The Morgan fingerprint density at radius 2 is 1.16 bits per heavy atom. The fraction of sp³-hybridized carbons (Fsp3) is 0. The van der Waals surface area contributed by atoms with Gasteiger partial charge >= 0.3 is 6.08 Å². The standard InChI is InChI=1S/C21H12FN3/c22-21-24-12-23-20(25-21)13-9-10-18-16-7-2-1-5-14(16)15-6-3-4-8-17(15)19(18)11-13/h1-12H. The molecule has 1 heterocycles. The molecule has 0 bridgehead atoms. The van der Waals surface area contributed by atoms with Crippen LogP contribution in [0.1, 0.15) is 0 Å². The van der Waals surface area contributed by atoms with Crippen molar-refractivity contribution in [2.24, 2.45) is 0 Å². The number of fused-ring (bicyclic) bond motifs is 6. The molecule has 4 heteroatoms. The van der Waals surface area contributed by atoms with E-state index in [2.05, 4.69) is 51.4 Å². The SMILES string of the molecule is Fc1ncnc(-c2ccc3c4ccccc4c4ccccc4c3c2)n1. The molecule has 3 nitrogen and oxygen atoms in total. The van der Waals surface area contributed by atoms with Crippen LogP contribution in [0.3, 0.4) is 0 Å². The number of halogens is 1. The predicted octanol–water partition coefficient (Wildman–Crippen LogP) is 5.14. The normalized spacial score (nSPS) is 11.4. The van der Waals surface area contributed by atoms with Crippen LogP contribution < -0.4 is 0 Å².